The van der Waals surface area contributed by atoms with E-state index < -0.39 is 0 Å². The van der Waals surface area contributed by atoms with Gasteiger partial charge in [0.2, 0.25) is 5.89 Å². The van der Waals surface area contributed by atoms with E-state index in [1.807, 2.05) is 13.8 Å². The molecule has 1 fully saturated rings. The fourth-order valence-corrected chi connectivity index (χ4v) is 2.31. The lowest BCUT2D eigenvalue weighted by molar-refractivity contribution is 0.0656. The molecule has 1 saturated carbocycles. The van der Waals surface area contributed by atoms with Crippen molar-refractivity contribution in [3.8, 4) is 0 Å². The predicted octanol–water partition coefficient (Wildman–Crippen LogP) is 2.11. The van der Waals surface area contributed by atoms with Gasteiger partial charge >= 0.3 is 6.01 Å². The Morgan fingerprint density at radius 2 is 2.16 bits per heavy atom. The van der Waals surface area contributed by atoms with Gasteiger partial charge in [0.25, 0.3) is 0 Å². The molecule has 0 spiro atoms. The topological polar surface area (TPSA) is 72.2 Å². The summed E-state index contributed by atoms with van der Waals surface area (Å²) in [6.45, 7) is 6.32. The van der Waals surface area contributed by atoms with Crippen LogP contribution in [0.2, 0.25) is 0 Å². The molecule has 1 atom stereocenters. The summed E-state index contributed by atoms with van der Waals surface area (Å²) in [5.41, 5.74) is 0. The maximum absolute atomic E-state index is 5.75. The second-order valence-electron chi connectivity index (χ2n) is 4.93. The monoisotopic (exact) mass is 268 g/mol. The van der Waals surface area contributed by atoms with Crippen molar-refractivity contribution in [3.63, 3.8) is 0 Å². The number of ether oxygens (including phenoxy) is 1. The van der Waals surface area contributed by atoms with Crippen molar-refractivity contribution in [1.82, 2.24) is 15.5 Å². The van der Waals surface area contributed by atoms with Crippen molar-refractivity contribution in [2.24, 2.45) is 0 Å². The molecule has 19 heavy (non-hydrogen) atoms. The van der Waals surface area contributed by atoms with Crippen molar-refractivity contribution in [1.29, 1.82) is 0 Å². The summed E-state index contributed by atoms with van der Waals surface area (Å²) in [4.78, 5) is 0. The minimum absolute atomic E-state index is 0.0859. The summed E-state index contributed by atoms with van der Waals surface area (Å²) in [5.74, 6) is 0.612. The molecule has 1 unspecified atom stereocenters. The second-order valence-corrected chi connectivity index (χ2v) is 4.93. The number of rotatable bonds is 8. The Labute approximate surface area is 114 Å². The first-order chi connectivity index (χ1) is 9.29. The van der Waals surface area contributed by atoms with Gasteiger partial charge in [0.05, 0.1) is 18.8 Å². The molecule has 2 rings (SSSR count). The summed E-state index contributed by atoms with van der Waals surface area (Å²) >= 11 is 0. The number of anilines is 1. The molecule has 0 bridgehead atoms. The normalized spacial score (nSPS) is 17.8. The van der Waals surface area contributed by atoms with E-state index >= 15 is 0 Å². The van der Waals surface area contributed by atoms with Crippen molar-refractivity contribution in [2.45, 2.75) is 51.7 Å². The van der Waals surface area contributed by atoms with Crippen molar-refractivity contribution < 1.29 is 9.15 Å². The molecule has 1 aliphatic carbocycles. The first-order valence-corrected chi connectivity index (χ1v) is 7.22. The van der Waals surface area contributed by atoms with Crippen molar-refractivity contribution in [3.05, 3.63) is 5.89 Å². The van der Waals surface area contributed by atoms with Crippen LogP contribution in [-0.4, -0.2) is 36.0 Å². The Bertz CT molecular complexity index is 363. The molecule has 0 radical (unpaired) electrons. The van der Waals surface area contributed by atoms with E-state index in [1.54, 1.807) is 0 Å². The summed E-state index contributed by atoms with van der Waals surface area (Å²) < 4.78 is 11.3. The van der Waals surface area contributed by atoms with Gasteiger partial charge in [-0.25, -0.2) is 0 Å². The standard InChI is InChI=1S/C13H24N4O2/c1-3-14-10(2)12-16-17-13(19-12)15-8-9-18-11-6-4-5-7-11/h10-11,14H,3-9H2,1-2H3,(H,15,17). The molecule has 0 amide bonds. The summed E-state index contributed by atoms with van der Waals surface area (Å²) in [6.07, 6.45) is 5.45. The predicted molar refractivity (Wildman–Crippen MR) is 73.1 cm³/mol. The molecule has 108 valence electrons. The number of nitrogens with zero attached hydrogens (tertiary/aromatic N) is 2. The molecule has 0 saturated heterocycles. The summed E-state index contributed by atoms with van der Waals surface area (Å²) in [5, 5.41) is 14.3. The molecule has 6 nitrogen and oxygen atoms in total. The highest BCUT2D eigenvalue weighted by Crippen LogP contribution is 2.20. The van der Waals surface area contributed by atoms with Crippen molar-refractivity contribution >= 4 is 6.01 Å². The van der Waals surface area contributed by atoms with Crippen LogP contribution in [0.3, 0.4) is 0 Å². The molecular formula is C13H24N4O2. The number of hydrogen-bond donors (Lipinski definition) is 2. The molecular weight excluding hydrogens is 244 g/mol. The van der Waals surface area contributed by atoms with Gasteiger partial charge < -0.3 is 19.8 Å². The van der Waals surface area contributed by atoms with E-state index in [9.17, 15) is 0 Å². The molecule has 1 aromatic rings. The van der Waals surface area contributed by atoms with Gasteiger partial charge in [-0.05, 0) is 26.3 Å². The molecule has 2 N–H and O–H groups in total. The van der Waals surface area contributed by atoms with Gasteiger partial charge in [-0.1, -0.05) is 24.9 Å². The van der Waals surface area contributed by atoms with Gasteiger partial charge in [-0.3, -0.25) is 0 Å². The third-order valence-electron chi connectivity index (χ3n) is 3.36. The Balaban J connectivity index is 1.65. The minimum atomic E-state index is 0.0859. The van der Waals surface area contributed by atoms with Crippen molar-refractivity contribution in [2.75, 3.05) is 25.0 Å². The zero-order valence-corrected chi connectivity index (χ0v) is 11.8. The quantitative estimate of drug-likeness (QED) is 0.704. The van der Waals surface area contributed by atoms with Gasteiger partial charge in [0.15, 0.2) is 0 Å². The van der Waals surface area contributed by atoms with Crippen LogP contribution in [-0.2, 0) is 4.74 Å². The molecule has 0 aliphatic heterocycles. The number of nitrogens with one attached hydrogen (secondary N) is 2. The fraction of sp³-hybridized carbons (Fsp3) is 0.846. The van der Waals surface area contributed by atoms with Crippen LogP contribution in [0.5, 0.6) is 0 Å². The van der Waals surface area contributed by atoms with Gasteiger partial charge in [-0.15, -0.1) is 5.10 Å². The number of aromatic nitrogens is 2. The van der Waals surface area contributed by atoms with Gasteiger partial charge in [0.1, 0.15) is 0 Å². The number of hydrogen-bond acceptors (Lipinski definition) is 6. The van der Waals surface area contributed by atoms with Crippen LogP contribution in [0, 0.1) is 0 Å². The third-order valence-corrected chi connectivity index (χ3v) is 3.36. The lowest BCUT2D eigenvalue weighted by Crippen LogP contribution is -2.17. The Morgan fingerprint density at radius 3 is 2.89 bits per heavy atom. The Kier molecular flexibility index (Phi) is 5.60. The lowest BCUT2D eigenvalue weighted by Gasteiger charge is -2.10. The molecule has 1 aliphatic rings. The van der Waals surface area contributed by atoms with Crippen LogP contribution < -0.4 is 10.6 Å². The van der Waals surface area contributed by atoms with E-state index in [1.165, 1.54) is 25.7 Å². The molecule has 0 aromatic carbocycles. The zero-order valence-electron chi connectivity index (χ0n) is 11.8. The summed E-state index contributed by atoms with van der Waals surface area (Å²) in [7, 11) is 0. The SMILES string of the molecule is CCNC(C)c1nnc(NCCOC2CCCC2)o1. The molecule has 6 heteroatoms. The maximum Gasteiger partial charge on any atom is 0.315 e. The van der Waals surface area contributed by atoms with E-state index in [0.29, 0.717) is 31.2 Å². The first kappa shape index (κ1) is 14.3. The van der Waals surface area contributed by atoms with Crippen LogP contribution in [0.15, 0.2) is 4.42 Å². The van der Waals surface area contributed by atoms with E-state index in [-0.39, 0.29) is 6.04 Å². The summed E-state index contributed by atoms with van der Waals surface area (Å²) in [6, 6.07) is 0.553. The maximum atomic E-state index is 5.75. The van der Waals surface area contributed by atoms with Crippen LogP contribution >= 0.6 is 0 Å². The molecule has 1 heterocycles. The van der Waals surface area contributed by atoms with Crippen LogP contribution in [0.1, 0.15) is 51.5 Å². The third kappa shape index (κ3) is 4.47. The van der Waals surface area contributed by atoms with Crippen LogP contribution in [0.4, 0.5) is 6.01 Å². The highest BCUT2D eigenvalue weighted by Gasteiger charge is 2.15. The van der Waals surface area contributed by atoms with Crippen LogP contribution in [0.25, 0.3) is 0 Å². The Hall–Kier alpha value is -1.14. The average Bonchev–Trinajstić information content (AvgIpc) is 3.06. The van der Waals surface area contributed by atoms with Gasteiger partial charge in [0, 0.05) is 6.54 Å². The smallest absolute Gasteiger partial charge is 0.315 e. The highest BCUT2D eigenvalue weighted by atomic mass is 16.5. The van der Waals surface area contributed by atoms with Gasteiger partial charge in [-0.2, -0.15) is 0 Å². The zero-order chi connectivity index (χ0) is 13.5. The fourth-order valence-electron chi connectivity index (χ4n) is 2.31. The molecule has 1 aromatic heterocycles. The van der Waals surface area contributed by atoms with E-state index in [4.69, 9.17) is 9.15 Å². The average molecular weight is 268 g/mol. The lowest BCUT2D eigenvalue weighted by atomic mass is 10.3. The van der Waals surface area contributed by atoms with E-state index in [2.05, 4.69) is 20.8 Å². The largest absolute Gasteiger partial charge is 0.406 e. The first-order valence-electron chi connectivity index (χ1n) is 7.22. The highest BCUT2D eigenvalue weighted by molar-refractivity contribution is 5.16. The Morgan fingerprint density at radius 1 is 1.37 bits per heavy atom. The van der Waals surface area contributed by atoms with E-state index in [0.717, 1.165) is 6.54 Å². The minimum Gasteiger partial charge on any atom is -0.406 e. The second kappa shape index (κ2) is 7.45.